The van der Waals surface area contributed by atoms with Crippen molar-refractivity contribution in [1.29, 1.82) is 0 Å². The van der Waals surface area contributed by atoms with Crippen molar-refractivity contribution in [2.45, 2.75) is 51.7 Å². The fourth-order valence-electron chi connectivity index (χ4n) is 4.84. The quantitative estimate of drug-likeness (QED) is 0.565. The lowest BCUT2D eigenvalue weighted by Crippen LogP contribution is -2.53. The molecule has 1 aromatic carbocycles. The number of benzene rings is 1. The van der Waals surface area contributed by atoms with E-state index in [1.807, 2.05) is 45.0 Å². The first-order chi connectivity index (χ1) is 16.9. The van der Waals surface area contributed by atoms with Gasteiger partial charge in [-0.3, -0.25) is 24.0 Å². The number of anilines is 1. The average Bonchev–Trinajstić information content (AvgIpc) is 3.39. The van der Waals surface area contributed by atoms with Gasteiger partial charge in [-0.05, 0) is 43.0 Å². The maximum absolute atomic E-state index is 13.6. The van der Waals surface area contributed by atoms with Crippen LogP contribution in [0.4, 0.5) is 5.69 Å². The number of carbonyl (C=O) groups excluding carboxylic acids is 5. The number of carbonyl (C=O) groups is 5. The van der Waals surface area contributed by atoms with Crippen LogP contribution in [0.1, 0.15) is 44.0 Å². The Balaban J connectivity index is 1.73. The Kier molecular flexibility index (Phi) is 8.37. The van der Waals surface area contributed by atoms with E-state index >= 15 is 0 Å². The summed E-state index contributed by atoms with van der Waals surface area (Å²) in [5, 5.41) is 2.88. The van der Waals surface area contributed by atoms with E-state index in [1.165, 1.54) is 28.7 Å². The maximum Gasteiger partial charge on any atom is 0.251 e. The van der Waals surface area contributed by atoms with E-state index < -0.39 is 18.1 Å². The fraction of sp³-hybridized carbons (Fsp3) is 0.577. The largest absolute Gasteiger partial charge is 0.378 e. The zero-order chi connectivity index (χ0) is 26.7. The maximum atomic E-state index is 13.6. The smallest absolute Gasteiger partial charge is 0.251 e. The van der Waals surface area contributed by atoms with Gasteiger partial charge in [0.05, 0.1) is 19.1 Å². The monoisotopic (exact) mass is 499 g/mol. The number of hydrogen-bond donors (Lipinski definition) is 1. The number of rotatable bonds is 8. The predicted octanol–water partition coefficient (Wildman–Crippen LogP) is 0.756. The molecule has 4 amide bonds. The van der Waals surface area contributed by atoms with Crippen LogP contribution in [0.15, 0.2) is 24.3 Å². The van der Waals surface area contributed by atoms with Crippen molar-refractivity contribution >= 4 is 35.1 Å². The first kappa shape index (κ1) is 27.2. The topological polar surface area (TPSA) is 110 Å². The number of hydrogen-bond acceptors (Lipinski definition) is 6. The third-order valence-electron chi connectivity index (χ3n) is 6.89. The number of Topliss-reactive ketones (excluding diaryl/α,β-unsaturated/α-hetero) is 1. The van der Waals surface area contributed by atoms with Crippen LogP contribution in [0.3, 0.4) is 0 Å². The number of likely N-dealkylation sites (N-methyl/N-ethyl adjacent to an activating group) is 1. The zero-order valence-corrected chi connectivity index (χ0v) is 22.0. The van der Waals surface area contributed by atoms with Crippen LogP contribution < -0.4 is 10.2 Å². The first-order valence-corrected chi connectivity index (χ1v) is 12.3. The van der Waals surface area contributed by atoms with Crippen LogP contribution in [0.2, 0.25) is 0 Å². The Labute approximate surface area is 212 Å². The van der Waals surface area contributed by atoms with Crippen LogP contribution >= 0.6 is 0 Å². The van der Waals surface area contributed by atoms with Gasteiger partial charge in [0.25, 0.3) is 5.91 Å². The SMILES string of the molecule is CC(=O)N(C)CC(=O)N1CC(=O)[C@@H]2[C@H]1CCN2C(=O)C(CC(C)C)NC(=O)c1ccc(N(C)C)cc1. The van der Waals surface area contributed by atoms with E-state index in [0.717, 1.165) is 5.69 Å². The van der Waals surface area contributed by atoms with Gasteiger partial charge in [-0.25, -0.2) is 0 Å². The Bertz CT molecular complexity index is 1020. The lowest BCUT2D eigenvalue weighted by Gasteiger charge is -2.29. The Morgan fingerprint density at radius 1 is 1.06 bits per heavy atom. The molecule has 0 aromatic heterocycles. The molecule has 1 N–H and O–H groups in total. The summed E-state index contributed by atoms with van der Waals surface area (Å²) in [6.07, 6.45) is 0.903. The third kappa shape index (κ3) is 5.85. The van der Waals surface area contributed by atoms with Gasteiger partial charge < -0.3 is 24.9 Å². The average molecular weight is 500 g/mol. The molecular weight excluding hydrogens is 462 g/mol. The molecule has 1 unspecified atom stereocenters. The van der Waals surface area contributed by atoms with Gasteiger partial charge in [0, 0.05) is 45.9 Å². The van der Waals surface area contributed by atoms with E-state index in [-0.39, 0.29) is 48.4 Å². The number of fused-ring (bicyclic) bond motifs is 1. The van der Waals surface area contributed by atoms with Crippen LogP contribution in [0.5, 0.6) is 0 Å². The Morgan fingerprint density at radius 3 is 2.25 bits per heavy atom. The molecule has 0 spiro atoms. The molecule has 2 aliphatic heterocycles. The minimum atomic E-state index is -0.786. The fourth-order valence-corrected chi connectivity index (χ4v) is 4.84. The van der Waals surface area contributed by atoms with E-state index in [1.54, 1.807) is 12.1 Å². The van der Waals surface area contributed by atoms with Gasteiger partial charge in [-0.2, -0.15) is 0 Å². The van der Waals surface area contributed by atoms with Crippen LogP contribution in [0.25, 0.3) is 0 Å². The molecule has 2 saturated heterocycles. The third-order valence-corrected chi connectivity index (χ3v) is 6.89. The zero-order valence-electron chi connectivity index (χ0n) is 22.0. The summed E-state index contributed by atoms with van der Waals surface area (Å²) < 4.78 is 0. The minimum absolute atomic E-state index is 0.0802. The normalized spacial score (nSPS) is 19.8. The highest BCUT2D eigenvalue weighted by Crippen LogP contribution is 2.31. The van der Waals surface area contributed by atoms with Gasteiger partial charge in [-0.15, -0.1) is 0 Å². The molecule has 0 saturated carbocycles. The molecule has 0 bridgehead atoms. The van der Waals surface area contributed by atoms with Crippen molar-refractivity contribution < 1.29 is 24.0 Å². The number of likely N-dealkylation sites (tertiary alicyclic amines) is 2. The molecule has 2 fully saturated rings. The molecule has 10 heteroatoms. The second-order valence-electron chi connectivity index (χ2n) is 10.3. The van der Waals surface area contributed by atoms with E-state index in [4.69, 9.17) is 0 Å². The minimum Gasteiger partial charge on any atom is -0.378 e. The molecule has 36 heavy (non-hydrogen) atoms. The van der Waals surface area contributed by atoms with Crippen LogP contribution in [0, 0.1) is 5.92 Å². The molecule has 2 aliphatic rings. The van der Waals surface area contributed by atoms with Gasteiger partial charge in [-0.1, -0.05) is 13.8 Å². The summed E-state index contributed by atoms with van der Waals surface area (Å²) in [5.41, 5.74) is 1.41. The molecule has 196 valence electrons. The van der Waals surface area contributed by atoms with Crippen LogP contribution in [-0.4, -0.2) is 103 Å². The van der Waals surface area contributed by atoms with Crippen molar-refractivity contribution in [3.05, 3.63) is 29.8 Å². The van der Waals surface area contributed by atoms with Gasteiger partial charge in [0.2, 0.25) is 17.7 Å². The lowest BCUT2D eigenvalue weighted by atomic mass is 10.0. The number of nitrogens with zero attached hydrogens (tertiary/aromatic N) is 4. The summed E-state index contributed by atoms with van der Waals surface area (Å²) >= 11 is 0. The Morgan fingerprint density at radius 2 is 1.69 bits per heavy atom. The molecular formula is C26H37N5O5. The summed E-state index contributed by atoms with van der Waals surface area (Å²) in [6, 6.07) is 5.19. The van der Waals surface area contributed by atoms with Crippen molar-refractivity contribution in [3.63, 3.8) is 0 Å². The molecule has 0 radical (unpaired) electrons. The standard InChI is InChI=1S/C26H37N5O5/c1-16(2)13-20(27-25(35)18-7-9-19(10-8-18)28(4)5)26(36)30-12-11-21-24(30)22(33)14-31(21)23(34)15-29(6)17(3)32/h7-10,16,20-21,24H,11-15H2,1-6H3,(H,27,35)/t20?,21-,24+/m1/s1. The molecule has 1 aromatic rings. The van der Waals surface area contributed by atoms with E-state index in [9.17, 15) is 24.0 Å². The highest BCUT2D eigenvalue weighted by atomic mass is 16.2. The molecule has 10 nitrogen and oxygen atoms in total. The lowest BCUT2D eigenvalue weighted by molar-refractivity contribution is -0.139. The molecule has 3 atom stereocenters. The number of ketones is 1. The second-order valence-corrected chi connectivity index (χ2v) is 10.3. The number of amides is 4. The van der Waals surface area contributed by atoms with Crippen molar-refractivity contribution in [1.82, 2.24) is 20.0 Å². The van der Waals surface area contributed by atoms with Crippen molar-refractivity contribution in [2.75, 3.05) is 45.7 Å². The van der Waals surface area contributed by atoms with E-state index in [0.29, 0.717) is 24.9 Å². The van der Waals surface area contributed by atoms with Crippen molar-refractivity contribution in [3.8, 4) is 0 Å². The molecule has 0 aliphatic carbocycles. The van der Waals surface area contributed by atoms with Crippen LogP contribution in [-0.2, 0) is 19.2 Å². The van der Waals surface area contributed by atoms with Crippen molar-refractivity contribution in [2.24, 2.45) is 5.92 Å². The second kappa shape index (κ2) is 11.1. The van der Waals surface area contributed by atoms with Gasteiger partial charge in [0.1, 0.15) is 12.1 Å². The summed E-state index contributed by atoms with van der Waals surface area (Å²) in [6.45, 7) is 5.45. The van der Waals surface area contributed by atoms with E-state index in [2.05, 4.69) is 5.32 Å². The summed E-state index contributed by atoms with van der Waals surface area (Å²) in [5.74, 6) is -1.27. The summed E-state index contributed by atoms with van der Waals surface area (Å²) in [7, 11) is 5.36. The highest BCUT2D eigenvalue weighted by molar-refractivity contribution is 6.01. The Hall–Kier alpha value is -3.43. The highest BCUT2D eigenvalue weighted by Gasteiger charge is 2.52. The first-order valence-electron chi connectivity index (χ1n) is 12.3. The predicted molar refractivity (Wildman–Crippen MR) is 135 cm³/mol. The molecule has 3 rings (SSSR count). The van der Waals surface area contributed by atoms with Gasteiger partial charge in [0.15, 0.2) is 5.78 Å². The number of nitrogens with one attached hydrogen (secondary N) is 1. The molecule has 2 heterocycles. The van der Waals surface area contributed by atoms with Gasteiger partial charge >= 0.3 is 0 Å². The summed E-state index contributed by atoms with van der Waals surface area (Å²) in [4.78, 5) is 70.1.